The highest BCUT2D eigenvalue weighted by atomic mass is 31.2. The molecule has 0 aromatic carbocycles. The smallest absolute Gasteiger partial charge is 0.365 e. The zero-order chi connectivity index (χ0) is 18.6. The van der Waals surface area contributed by atoms with Gasteiger partial charge in [0.25, 0.3) is 0 Å². The lowest BCUT2D eigenvalue weighted by Crippen LogP contribution is -2.17. The number of anilines is 1. The van der Waals surface area contributed by atoms with E-state index in [9.17, 15) is 4.57 Å². The number of hydrogen-bond acceptors (Lipinski definition) is 7. The van der Waals surface area contributed by atoms with Gasteiger partial charge >= 0.3 is 7.82 Å². The van der Waals surface area contributed by atoms with E-state index < -0.39 is 7.82 Å². The molecule has 2 aromatic rings. The van der Waals surface area contributed by atoms with Crippen molar-refractivity contribution in [3.8, 4) is 0 Å². The van der Waals surface area contributed by atoms with Gasteiger partial charge in [-0.15, -0.1) is 0 Å². The van der Waals surface area contributed by atoms with Gasteiger partial charge in [0.2, 0.25) is 0 Å². The molecule has 0 amide bonds. The van der Waals surface area contributed by atoms with Gasteiger partial charge in [-0.3, -0.25) is 9.09 Å². The van der Waals surface area contributed by atoms with E-state index in [1.54, 1.807) is 19.3 Å². The van der Waals surface area contributed by atoms with E-state index in [1.807, 2.05) is 4.57 Å². The molecule has 2 aromatic heterocycles. The van der Waals surface area contributed by atoms with Crippen LogP contribution >= 0.6 is 7.82 Å². The van der Waals surface area contributed by atoms with Crippen molar-refractivity contribution in [1.29, 1.82) is 0 Å². The Morgan fingerprint density at radius 1 is 1.46 bits per heavy atom. The molecule has 0 aliphatic carbocycles. The minimum absolute atomic E-state index is 0.0524. The largest absolute Gasteiger partial charge is 0.469 e. The Morgan fingerprint density at radius 2 is 2.31 bits per heavy atom. The standard InChI is InChI=1S/C15H22N5O5P/c1-11(8-25-26(21,22)23)5-6-16-14-13-15(18-9-17-14)20(10-19-13)12-4-2-3-7-24-12/h5,9-10,12H,2-4,6-8H2,1H3,(H,16,17,18)(H2,21,22,23)/b11-5+/t12-/m1/s1. The Balaban J connectivity index is 1.67. The van der Waals surface area contributed by atoms with E-state index in [0.29, 0.717) is 29.1 Å². The van der Waals surface area contributed by atoms with Crippen LogP contribution in [-0.4, -0.2) is 49.1 Å². The van der Waals surface area contributed by atoms with Crippen molar-refractivity contribution in [2.24, 2.45) is 0 Å². The van der Waals surface area contributed by atoms with Crippen molar-refractivity contribution in [2.75, 3.05) is 25.1 Å². The normalized spacial score (nSPS) is 19.0. The van der Waals surface area contributed by atoms with Crippen LogP contribution in [0.5, 0.6) is 0 Å². The van der Waals surface area contributed by atoms with Crippen molar-refractivity contribution in [1.82, 2.24) is 19.5 Å². The molecule has 1 fully saturated rings. The molecule has 0 spiro atoms. The number of imidazole rings is 1. The first kappa shape index (κ1) is 18.9. The summed E-state index contributed by atoms with van der Waals surface area (Å²) >= 11 is 0. The molecule has 1 atom stereocenters. The molecular weight excluding hydrogens is 361 g/mol. The van der Waals surface area contributed by atoms with Crippen LogP contribution in [0.1, 0.15) is 32.4 Å². The van der Waals surface area contributed by atoms with Crippen molar-refractivity contribution in [3.05, 3.63) is 24.3 Å². The van der Waals surface area contributed by atoms with Crippen molar-refractivity contribution in [3.63, 3.8) is 0 Å². The second-order valence-electron chi connectivity index (χ2n) is 6.06. The Hall–Kier alpha value is -1.84. The van der Waals surface area contributed by atoms with E-state index in [1.165, 1.54) is 6.33 Å². The highest BCUT2D eigenvalue weighted by Crippen LogP contribution is 2.36. The molecule has 0 unspecified atom stereocenters. The molecule has 3 rings (SSSR count). The fraction of sp³-hybridized carbons (Fsp3) is 0.533. The predicted octanol–water partition coefficient (Wildman–Crippen LogP) is 1.99. The zero-order valence-corrected chi connectivity index (χ0v) is 15.3. The van der Waals surface area contributed by atoms with Gasteiger partial charge < -0.3 is 19.8 Å². The maximum Gasteiger partial charge on any atom is 0.469 e. The van der Waals surface area contributed by atoms with Crippen LogP contribution in [0.2, 0.25) is 0 Å². The van der Waals surface area contributed by atoms with E-state index in [2.05, 4.69) is 24.8 Å². The molecule has 3 N–H and O–H groups in total. The first-order chi connectivity index (χ1) is 12.4. The molecule has 0 saturated carbocycles. The van der Waals surface area contributed by atoms with E-state index in [4.69, 9.17) is 14.5 Å². The number of rotatable bonds is 7. The average molecular weight is 383 g/mol. The van der Waals surface area contributed by atoms with Crippen LogP contribution in [0.4, 0.5) is 5.82 Å². The molecule has 0 radical (unpaired) electrons. The minimum Gasteiger partial charge on any atom is -0.365 e. The topological polar surface area (TPSA) is 132 Å². The van der Waals surface area contributed by atoms with Crippen molar-refractivity contribution in [2.45, 2.75) is 32.4 Å². The fourth-order valence-electron chi connectivity index (χ4n) is 2.70. The molecule has 26 heavy (non-hydrogen) atoms. The zero-order valence-electron chi connectivity index (χ0n) is 14.4. The number of fused-ring (bicyclic) bond motifs is 1. The van der Waals surface area contributed by atoms with Gasteiger partial charge in [0.15, 0.2) is 17.0 Å². The first-order valence-corrected chi connectivity index (χ1v) is 9.86. The quantitative estimate of drug-likeness (QED) is 0.485. The van der Waals surface area contributed by atoms with Crippen LogP contribution in [0, 0.1) is 0 Å². The van der Waals surface area contributed by atoms with E-state index >= 15 is 0 Å². The van der Waals surface area contributed by atoms with Crippen LogP contribution < -0.4 is 5.32 Å². The lowest BCUT2D eigenvalue weighted by Gasteiger charge is -2.23. The fourth-order valence-corrected chi connectivity index (χ4v) is 3.07. The molecule has 1 aliphatic heterocycles. The van der Waals surface area contributed by atoms with Gasteiger partial charge in [0, 0.05) is 13.2 Å². The monoisotopic (exact) mass is 383 g/mol. The van der Waals surface area contributed by atoms with Crippen molar-refractivity contribution < 1.29 is 23.6 Å². The van der Waals surface area contributed by atoms with Crippen molar-refractivity contribution >= 4 is 24.8 Å². The van der Waals surface area contributed by atoms with Crippen LogP contribution in [0.25, 0.3) is 11.2 Å². The predicted molar refractivity (Wildman–Crippen MR) is 94.4 cm³/mol. The number of ether oxygens (including phenoxy) is 1. The Bertz CT molecular complexity index is 827. The lowest BCUT2D eigenvalue weighted by atomic mass is 10.2. The summed E-state index contributed by atoms with van der Waals surface area (Å²) in [6, 6.07) is 0. The summed E-state index contributed by atoms with van der Waals surface area (Å²) in [7, 11) is -4.46. The Morgan fingerprint density at radius 3 is 3.04 bits per heavy atom. The van der Waals surface area contributed by atoms with Gasteiger partial charge in [0.1, 0.15) is 12.6 Å². The summed E-state index contributed by atoms with van der Waals surface area (Å²) in [6.07, 6.45) is 8.02. The molecular formula is C15H22N5O5P. The summed E-state index contributed by atoms with van der Waals surface area (Å²) in [5.74, 6) is 0.588. The third kappa shape index (κ3) is 4.87. The molecule has 3 heterocycles. The van der Waals surface area contributed by atoms with Gasteiger partial charge in [-0.1, -0.05) is 6.08 Å². The molecule has 0 bridgehead atoms. The minimum atomic E-state index is -4.46. The number of phosphoric acid groups is 1. The summed E-state index contributed by atoms with van der Waals surface area (Å²) < 4.78 is 22.9. The molecule has 10 nitrogen and oxygen atoms in total. The first-order valence-electron chi connectivity index (χ1n) is 8.33. The van der Waals surface area contributed by atoms with Crippen LogP contribution in [-0.2, 0) is 13.8 Å². The summed E-state index contributed by atoms with van der Waals surface area (Å²) in [5, 5.41) is 3.14. The van der Waals surface area contributed by atoms with Crippen LogP contribution in [0.15, 0.2) is 24.3 Å². The number of phosphoric ester groups is 1. The Labute approximate surface area is 150 Å². The highest BCUT2D eigenvalue weighted by molar-refractivity contribution is 7.46. The van der Waals surface area contributed by atoms with Gasteiger partial charge in [-0.2, -0.15) is 0 Å². The molecule has 142 valence electrons. The van der Waals surface area contributed by atoms with Crippen LogP contribution in [0.3, 0.4) is 0 Å². The summed E-state index contributed by atoms with van der Waals surface area (Å²) in [6.45, 7) is 2.73. The second-order valence-corrected chi connectivity index (χ2v) is 7.30. The average Bonchev–Trinajstić information content (AvgIpc) is 3.05. The lowest BCUT2D eigenvalue weighted by molar-refractivity contribution is -0.0298. The number of nitrogens with zero attached hydrogens (tertiary/aromatic N) is 4. The highest BCUT2D eigenvalue weighted by Gasteiger charge is 2.20. The maximum absolute atomic E-state index is 10.7. The SMILES string of the molecule is C/C(=C\CNc1ncnc2c1ncn2[C@H]1CCCCO1)COP(=O)(O)O. The van der Waals surface area contributed by atoms with Gasteiger partial charge in [-0.05, 0) is 31.8 Å². The molecule has 1 aliphatic rings. The molecule has 1 saturated heterocycles. The Kier molecular flexibility index (Phi) is 6.00. The molecule has 11 heteroatoms. The third-order valence-electron chi connectivity index (χ3n) is 4.01. The summed E-state index contributed by atoms with van der Waals surface area (Å²) in [5.41, 5.74) is 2.05. The van der Waals surface area contributed by atoms with E-state index in [-0.39, 0.29) is 12.8 Å². The number of hydrogen-bond donors (Lipinski definition) is 3. The van der Waals surface area contributed by atoms with E-state index in [0.717, 1.165) is 25.9 Å². The summed E-state index contributed by atoms with van der Waals surface area (Å²) in [4.78, 5) is 30.4. The third-order valence-corrected chi connectivity index (χ3v) is 4.47. The van der Waals surface area contributed by atoms with Gasteiger partial charge in [-0.25, -0.2) is 19.5 Å². The van der Waals surface area contributed by atoms with Gasteiger partial charge in [0.05, 0.1) is 12.9 Å². The number of aromatic nitrogens is 4. The number of nitrogens with one attached hydrogen (secondary N) is 1. The second kappa shape index (κ2) is 8.24. The maximum atomic E-state index is 10.7.